The molecule has 0 fully saturated rings. The minimum absolute atomic E-state index is 0.618. The van der Waals surface area contributed by atoms with Crippen molar-refractivity contribution >= 4 is 5.78 Å². The zero-order valence-electron chi connectivity index (χ0n) is 8.14. The summed E-state index contributed by atoms with van der Waals surface area (Å²) in [5.74, 6) is -5.97. The first-order valence-corrected chi connectivity index (χ1v) is 4.36. The summed E-state index contributed by atoms with van der Waals surface area (Å²) in [6, 6.07) is 5.58. The van der Waals surface area contributed by atoms with Gasteiger partial charge in [0.1, 0.15) is 0 Å². The maximum atomic E-state index is 12.2. The lowest BCUT2D eigenvalue weighted by Gasteiger charge is -2.21. The highest BCUT2D eigenvalue weighted by molar-refractivity contribution is 5.98. The third-order valence-corrected chi connectivity index (χ3v) is 1.98. The van der Waals surface area contributed by atoms with Crippen LogP contribution in [0.4, 0.5) is 26.3 Å². The van der Waals surface area contributed by atoms with Crippen LogP contribution in [-0.4, -0.2) is 18.1 Å². The Bertz CT molecular complexity index is 377. The predicted molar refractivity (Wildman–Crippen MR) is 46.4 cm³/mol. The van der Waals surface area contributed by atoms with Crippen LogP contribution in [0.5, 0.6) is 0 Å². The Kier molecular flexibility index (Phi) is 3.49. The highest BCUT2D eigenvalue weighted by Gasteiger charge is 2.60. The van der Waals surface area contributed by atoms with Crippen molar-refractivity contribution in [3.05, 3.63) is 35.9 Å². The van der Waals surface area contributed by atoms with E-state index < -0.39 is 29.6 Å². The smallest absolute Gasteiger partial charge is 0.293 e. The third-order valence-electron chi connectivity index (χ3n) is 1.98. The monoisotopic (exact) mass is 256 g/mol. The molecule has 0 aliphatic carbocycles. The van der Waals surface area contributed by atoms with Crippen molar-refractivity contribution in [3.63, 3.8) is 0 Å². The number of Topliss-reactive ketones (excluding diaryl/α,β-unsaturated/α-hetero) is 1. The van der Waals surface area contributed by atoms with E-state index in [1.54, 1.807) is 0 Å². The van der Waals surface area contributed by atoms with Crippen molar-refractivity contribution in [3.8, 4) is 0 Å². The van der Waals surface area contributed by atoms with E-state index in [0.29, 0.717) is 0 Å². The average molecular weight is 256 g/mol. The average Bonchev–Trinajstić information content (AvgIpc) is 2.14. The van der Waals surface area contributed by atoms with Gasteiger partial charge in [0, 0.05) is 5.56 Å². The summed E-state index contributed by atoms with van der Waals surface area (Å²) in [6.07, 6.45) is -11.3. The summed E-state index contributed by atoms with van der Waals surface area (Å²) < 4.78 is 73.3. The third kappa shape index (κ3) is 3.21. The molecule has 1 rings (SSSR count). The number of rotatable bonds is 2. The van der Waals surface area contributed by atoms with Crippen LogP contribution in [0.2, 0.25) is 0 Å². The lowest BCUT2D eigenvalue weighted by molar-refractivity contribution is -0.264. The van der Waals surface area contributed by atoms with Gasteiger partial charge in [0.05, 0.1) is 0 Å². The second kappa shape index (κ2) is 4.38. The minimum atomic E-state index is -5.65. The number of hydrogen-bond acceptors (Lipinski definition) is 1. The van der Waals surface area contributed by atoms with Gasteiger partial charge in [-0.15, -0.1) is 0 Å². The molecule has 1 nitrogen and oxygen atoms in total. The van der Waals surface area contributed by atoms with Gasteiger partial charge >= 0.3 is 12.4 Å². The molecule has 0 saturated heterocycles. The Morgan fingerprint density at radius 1 is 0.882 bits per heavy atom. The molecule has 0 spiro atoms. The molecule has 17 heavy (non-hydrogen) atoms. The standard InChI is InChI=1S/C10H6F6O/c11-9(12,13)8(10(14,15)16)7(17)6-4-2-1-3-5-6/h1-5,8H. The van der Waals surface area contributed by atoms with E-state index >= 15 is 0 Å². The molecule has 0 amide bonds. The van der Waals surface area contributed by atoms with E-state index in [2.05, 4.69) is 0 Å². The quantitative estimate of drug-likeness (QED) is 0.583. The molecule has 7 heteroatoms. The lowest BCUT2D eigenvalue weighted by atomic mass is 9.96. The topological polar surface area (TPSA) is 17.1 Å². The maximum Gasteiger partial charge on any atom is 0.407 e. The summed E-state index contributed by atoms with van der Waals surface area (Å²) >= 11 is 0. The Labute approximate surface area is 92.0 Å². The SMILES string of the molecule is O=C(c1ccccc1)C(C(F)(F)F)C(F)(F)F. The Morgan fingerprint density at radius 2 is 1.29 bits per heavy atom. The summed E-state index contributed by atoms with van der Waals surface area (Å²) in [7, 11) is 0. The minimum Gasteiger partial charge on any atom is -0.293 e. The summed E-state index contributed by atoms with van der Waals surface area (Å²) in [4.78, 5) is 11.2. The molecule has 94 valence electrons. The highest BCUT2D eigenvalue weighted by Crippen LogP contribution is 2.41. The van der Waals surface area contributed by atoms with Gasteiger partial charge in [0.2, 0.25) is 5.92 Å². The molecule has 0 unspecified atom stereocenters. The van der Waals surface area contributed by atoms with Crippen LogP contribution in [-0.2, 0) is 0 Å². The van der Waals surface area contributed by atoms with Gasteiger partial charge in [-0.2, -0.15) is 26.3 Å². The first-order chi connectivity index (χ1) is 7.64. The van der Waals surface area contributed by atoms with Crippen molar-refractivity contribution in [2.75, 3.05) is 0 Å². The zero-order chi connectivity index (χ0) is 13.3. The van der Waals surface area contributed by atoms with Crippen molar-refractivity contribution < 1.29 is 31.1 Å². The van der Waals surface area contributed by atoms with E-state index in [0.717, 1.165) is 12.1 Å². The van der Waals surface area contributed by atoms with Gasteiger partial charge in [-0.25, -0.2) is 0 Å². The number of ketones is 1. The second-order valence-corrected chi connectivity index (χ2v) is 3.25. The number of carbonyl (C=O) groups is 1. The van der Waals surface area contributed by atoms with Gasteiger partial charge in [0.25, 0.3) is 0 Å². The molecule has 0 N–H and O–H groups in total. The fourth-order valence-electron chi connectivity index (χ4n) is 1.25. The number of alkyl halides is 6. The molecule has 0 aromatic heterocycles. The van der Waals surface area contributed by atoms with Crippen LogP contribution in [0.25, 0.3) is 0 Å². The van der Waals surface area contributed by atoms with Crippen LogP contribution in [0.3, 0.4) is 0 Å². The molecule has 0 aliphatic rings. The van der Waals surface area contributed by atoms with Crippen LogP contribution in [0.1, 0.15) is 10.4 Å². The van der Waals surface area contributed by atoms with Crippen LogP contribution in [0, 0.1) is 5.92 Å². The second-order valence-electron chi connectivity index (χ2n) is 3.25. The van der Waals surface area contributed by atoms with Gasteiger partial charge in [-0.05, 0) is 0 Å². The van der Waals surface area contributed by atoms with E-state index in [4.69, 9.17) is 0 Å². The Hall–Kier alpha value is -1.53. The van der Waals surface area contributed by atoms with Crippen molar-refractivity contribution in [1.82, 2.24) is 0 Å². The molecular formula is C10H6F6O. The molecule has 0 aliphatic heterocycles. The van der Waals surface area contributed by atoms with Crippen LogP contribution in [0.15, 0.2) is 30.3 Å². The summed E-state index contributed by atoms with van der Waals surface area (Å²) in [5.41, 5.74) is -0.618. The van der Waals surface area contributed by atoms with E-state index in [9.17, 15) is 31.1 Å². The Morgan fingerprint density at radius 3 is 1.65 bits per heavy atom. The predicted octanol–water partition coefficient (Wildman–Crippen LogP) is 3.61. The number of hydrogen-bond donors (Lipinski definition) is 0. The molecule has 0 saturated carbocycles. The lowest BCUT2D eigenvalue weighted by Crippen LogP contribution is -2.42. The molecule has 0 radical (unpaired) electrons. The molecule has 0 heterocycles. The molecule has 1 aromatic rings. The fraction of sp³-hybridized carbons (Fsp3) is 0.300. The number of carbonyl (C=O) groups excluding carboxylic acids is 1. The van der Waals surface area contributed by atoms with Gasteiger partial charge < -0.3 is 0 Å². The first-order valence-electron chi connectivity index (χ1n) is 4.36. The van der Waals surface area contributed by atoms with Gasteiger partial charge in [-0.1, -0.05) is 30.3 Å². The van der Waals surface area contributed by atoms with Crippen molar-refractivity contribution in [2.45, 2.75) is 12.4 Å². The van der Waals surface area contributed by atoms with Gasteiger partial charge in [0.15, 0.2) is 5.78 Å². The largest absolute Gasteiger partial charge is 0.407 e. The van der Waals surface area contributed by atoms with Crippen LogP contribution < -0.4 is 0 Å². The van der Waals surface area contributed by atoms with Crippen molar-refractivity contribution in [1.29, 1.82) is 0 Å². The first kappa shape index (κ1) is 13.5. The fourth-order valence-corrected chi connectivity index (χ4v) is 1.25. The molecule has 0 bridgehead atoms. The number of halogens is 6. The zero-order valence-corrected chi connectivity index (χ0v) is 8.14. The summed E-state index contributed by atoms with van der Waals surface area (Å²) in [5, 5.41) is 0. The normalized spacial score (nSPS) is 12.9. The molecule has 0 atom stereocenters. The van der Waals surface area contributed by atoms with Crippen molar-refractivity contribution in [2.24, 2.45) is 5.92 Å². The summed E-state index contributed by atoms with van der Waals surface area (Å²) in [6.45, 7) is 0. The molecule has 1 aromatic carbocycles. The Balaban J connectivity index is 3.14. The highest BCUT2D eigenvalue weighted by atomic mass is 19.4. The van der Waals surface area contributed by atoms with Crippen LogP contribution >= 0.6 is 0 Å². The van der Waals surface area contributed by atoms with Gasteiger partial charge in [-0.3, -0.25) is 4.79 Å². The molecular weight excluding hydrogens is 250 g/mol. The van der Waals surface area contributed by atoms with E-state index in [-0.39, 0.29) is 0 Å². The maximum absolute atomic E-state index is 12.2. The van der Waals surface area contributed by atoms with E-state index in [1.807, 2.05) is 0 Å². The number of benzene rings is 1. The van der Waals surface area contributed by atoms with E-state index in [1.165, 1.54) is 18.2 Å².